The lowest BCUT2D eigenvalue weighted by Gasteiger charge is -2.22. The molecule has 1 atom stereocenters. The molecule has 0 saturated heterocycles. The molecule has 1 aromatic rings. The molecule has 0 heterocycles. The standard InChI is InChI=1S/C13H18N2O5S/c1-3-15(8-9(2)13(17)18)21(19,20)11-6-4-10(5-7-11)12(14)16/h4-7,9H,3,8H2,1-2H3,(H2,14,16)(H,17,18). The number of carbonyl (C=O) groups excluding carboxylic acids is 1. The van der Waals surface area contributed by atoms with Crippen molar-refractivity contribution in [1.29, 1.82) is 0 Å². The normalized spacial score (nSPS) is 13.1. The number of carboxylic acid groups (broad SMARTS) is 1. The molecule has 116 valence electrons. The van der Waals surface area contributed by atoms with Gasteiger partial charge in [-0.05, 0) is 24.3 Å². The summed E-state index contributed by atoms with van der Waals surface area (Å²) >= 11 is 0. The molecule has 0 fully saturated rings. The van der Waals surface area contributed by atoms with Crippen LogP contribution in [0.25, 0.3) is 0 Å². The van der Waals surface area contributed by atoms with Gasteiger partial charge >= 0.3 is 5.97 Å². The monoisotopic (exact) mass is 314 g/mol. The number of carboxylic acids is 1. The maximum atomic E-state index is 12.4. The molecule has 0 aromatic heterocycles. The molecule has 1 amide bonds. The van der Waals surface area contributed by atoms with Crippen LogP contribution in [0, 0.1) is 5.92 Å². The van der Waals surface area contributed by atoms with Gasteiger partial charge in [-0.2, -0.15) is 4.31 Å². The highest BCUT2D eigenvalue weighted by molar-refractivity contribution is 7.89. The number of hydrogen-bond donors (Lipinski definition) is 2. The van der Waals surface area contributed by atoms with Crippen LogP contribution in [-0.2, 0) is 14.8 Å². The molecule has 1 aromatic carbocycles. The van der Waals surface area contributed by atoms with E-state index in [1.54, 1.807) is 6.92 Å². The van der Waals surface area contributed by atoms with Crippen molar-refractivity contribution in [3.05, 3.63) is 29.8 Å². The van der Waals surface area contributed by atoms with E-state index >= 15 is 0 Å². The third kappa shape index (κ3) is 4.02. The Bertz CT molecular complexity index is 624. The second-order valence-electron chi connectivity index (χ2n) is 4.58. The molecule has 7 nitrogen and oxygen atoms in total. The molecule has 3 N–H and O–H groups in total. The summed E-state index contributed by atoms with van der Waals surface area (Å²) in [4.78, 5) is 21.8. The first kappa shape index (κ1) is 17.1. The molecule has 0 spiro atoms. The molecular weight excluding hydrogens is 296 g/mol. The Kier molecular flexibility index (Phi) is 5.45. The van der Waals surface area contributed by atoms with Crippen LogP contribution >= 0.6 is 0 Å². The van der Waals surface area contributed by atoms with Crippen molar-refractivity contribution in [3.8, 4) is 0 Å². The Morgan fingerprint density at radius 1 is 1.29 bits per heavy atom. The van der Waals surface area contributed by atoms with Crippen LogP contribution in [0.3, 0.4) is 0 Å². The molecule has 0 saturated carbocycles. The molecule has 0 aliphatic heterocycles. The molecular formula is C13H18N2O5S. The first-order chi connectivity index (χ1) is 9.70. The first-order valence-electron chi connectivity index (χ1n) is 6.33. The number of aliphatic carboxylic acids is 1. The third-order valence-corrected chi connectivity index (χ3v) is 4.98. The molecule has 1 rings (SSSR count). The minimum absolute atomic E-state index is 0.00746. The predicted molar refractivity (Wildman–Crippen MR) is 76.2 cm³/mol. The topological polar surface area (TPSA) is 118 Å². The van der Waals surface area contributed by atoms with Gasteiger partial charge in [0.25, 0.3) is 0 Å². The second-order valence-corrected chi connectivity index (χ2v) is 6.52. The largest absolute Gasteiger partial charge is 0.481 e. The lowest BCUT2D eigenvalue weighted by molar-refractivity contribution is -0.141. The smallest absolute Gasteiger partial charge is 0.307 e. The number of hydrogen-bond acceptors (Lipinski definition) is 4. The highest BCUT2D eigenvalue weighted by Gasteiger charge is 2.26. The lowest BCUT2D eigenvalue weighted by Crippen LogP contribution is -2.36. The van der Waals surface area contributed by atoms with Crippen molar-refractivity contribution in [2.75, 3.05) is 13.1 Å². The summed E-state index contributed by atoms with van der Waals surface area (Å²) in [5.74, 6) is -2.52. The quantitative estimate of drug-likeness (QED) is 0.760. The van der Waals surface area contributed by atoms with Gasteiger partial charge in [0, 0.05) is 18.7 Å². The van der Waals surface area contributed by atoms with E-state index in [0.29, 0.717) is 0 Å². The van der Waals surface area contributed by atoms with E-state index in [4.69, 9.17) is 10.8 Å². The summed E-state index contributed by atoms with van der Waals surface area (Å²) in [5, 5.41) is 8.89. The zero-order chi connectivity index (χ0) is 16.2. The summed E-state index contributed by atoms with van der Waals surface area (Å²) in [5.41, 5.74) is 5.30. The molecule has 0 radical (unpaired) electrons. The van der Waals surface area contributed by atoms with Gasteiger partial charge in [-0.25, -0.2) is 8.42 Å². The van der Waals surface area contributed by atoms with Crippen LogP contribution in [0.1, 0.15) is 24.2 Å². The van der Waals surface area contributed by atoms with Gasteiger partial charge in [0.1, 0.15) is 0 Å². The van der Waals surface area contributed by atoms with Gasteiger partial charge in [0.2, 0.25) is 15.9 Å². The van der Waals surface area contributed by atoms with Crippen LogP contribution in [-0.4, -0.2) is 42.8 Å². The Balaban J connectivity index is 3.06. The second kappa shape index (κ2) is 6.68. The number of benzene rings is 1. The molecule has 1 unspecified atom stereocenters. The van der Waals surface area contributed by atoms with E-state index < -0.39 is 27.8 Å². The number of sulfonamides is 1. The third-order valence-electron chi connectivity index (χ3n) is 3.03. The van der Waals surface area contributed by atoms with Crippen molar-refractivity contribution in [2.24, 2.45) is 11.7 Å². The fraction of sp³-hybridized carbons (Fsp3) is 0.385. The van der Waals surface area contributed by atoms with Crippen LogP contribution in [0.15, 0.2) is 29.2 Å². The van der Waals surface area contributed by atoms with Gasteiger partial charge in [-0.3, -0.25) is 9.59 Å². The molecule has 0 aliphatic carbocycles. The first-order valence-corrected chi connectivity index (χ1v) is 7.77. The zero-order valence-corrected chi connectivity index (χ0v) is 12.6. The number of nitrogens with two attached hydrogens (primary N) is 1. The molecule has 21 heavy (non-hydrogen) atoms. The Labute approximate surface area is 123 Å². The molecule has 0 bridgehead atoms. The maximum Gasteiger partial charge on any atom is 0.307 e. The van der Waals surface area contributed by atoms with E-state index in [2.05, 4.69) is 0 Å². The van der Waals surface area contributed by atoms with Gasteiger partial charge in [-0.1, -0.05) is 13.8 Å². The maximum absolute atomic E-state index is 12.4. The van der Waals surface area contributed by atoms with Crippen molar-refractivity contribution in [3.63, 3.8) is 0 Å². The molecule has 0 aliphatic rings. The van der Waals surface area contributed by atoms with E-state index in [9.17, 15) is 18.0 Å². The van der Waals surface area contributed by atoms with Gasteiger partial charge in [0.05, 0.1) is 10.8 Å². The minimum atomic E-state index is -3.80. The van der Waals surface area contributed by atoms with E-state index in [1.807, 2.05) is 0 Å². The van der Waals surface area contributed by atoms with E-state index in [-0.39, 0.29) is 23.5 Å². The SMILES string of the molecule is CCN(CC(C)C(=O)O)S(=O)(=O)c1ccc(C(N)=O)cc1. The minimum Gasteiger partial charge on any atom is -0.481 e. The van der Waals surface area contributed by atoms with Gasteiger partial charge in [-0.15, -0.1) is 0 Å². The number of carbonyl (C=O) groups is 2. The number of primary amides is 1. The summed E-state index contributed by atoms with van der Waals surface area (Å²) < 4.78 is 25.9. The molecule has 8 heteroatoms. The van der Waals surface area contributed by atoms with Crippen molar-refractivity contribution in [2.45, 2.75) is 18.7 Å². The fourth-order valence-electron chi connectivity index (χ4n) is 1.72. The van der Waals surface area contributed by atoms with Crippen LogP contribution < -0.4 is 5.73 Å². The van der Waals surface area contributed by atoms with Gasteiger partial charge in [0.15, 0.2) is 0 Å². The van der Waals surface area contributed by atoms with Crippen molar-refractivity contribution in [1.82, 2.24) is 4.31 Å². The number of rotatable bonds is 7. The van der Waals surface area contributed by atoms with Crippen molar-refractivity contribution >= 4 is 21.9 Å². The van der Waals surface area contributed by atoms with E-state index in [1.165, 1.54) is 31.2 Å². The zero-order valence-electron chi connectivity index (χ0n) is 11.8. The Morgan fingerprint density at radius 3 is 2.19 bits per heavy atom. The number of amides is 1. The average molecular weight is 314 g/mol. The van der Waals surface area contributed by atoms with Gasteiger partial charge < -0.3 is 10.8 Å². The Hall–Kier alpha value is -1.93. The van der Waals surface area contributed by atoms with Crippen molar-refractivity contribution < 1.29 is 23.1 Å². The lowest BCUT2D eigenvalue weighted by atomic mass is 10.2. The number of nitrogens with zero attached hydrogens (tertiary/aromatic N) is 1. The summed E-state index contributed by atoms with van der Waals surface area (Å²) in [6.07, 6.45) is 0. The Morgan fingerprint density at radius 2 is 1.81 bits per heavy atom. The average Bonchev–Trinajstić information content (AvgIpc) is 2.44. The highest BCUT2D eigenvalue weighted by Crippen LogP contribution is 2.17. The summed E-state index contributed by atoms with van der Waals surface area (Å²) in [6.45, 7) is 3.10. The fourth-order valence-corrected chi connectivity index (χ4v) is 3.26. The predicted octanol–water partition coefficient (Wildman–Crippen LogP) is 0.517. The van der Waals surface area contributed by atoms with Crippen LogP contribution in [0.2, 0.25) is 0 Å². The highest BCUT2D eigenvalue weighted by atomic mass is 32.2. The van der Waals surface area contributed by atoms with E-state index in [0.717, 1.165) is 4.31 Å². The van der Waals surface area contributed by atoms with Crippen LogP contribution in [0.4, 0.5) is 0 Å². The summed E-state index contributed by atoms with van der Waals surface area (Å²) in [7, 11) is -3.80. The van der Waals surface area contributed by atoms with Crippen LogP contribution in [0.5, 0.6) is 0 Å². The summed E-state index contributed by atoms with van der Waals surface area (Å²) in [6, 6.07) is 5.21.